The van der Waals surface area contributed by atoms with Crippen LogP contribution in [0.3, 0.4) is 0 Å². The second-order valence-corrected chi connectivity index (χ2v) is 10.2. The third-order valence-corrected chi connectivity index (χ3v) is 7.94. The van der Waals surface area contributed by atoms with Crippen molar-refractivity contribution in [2.45, 2.75) is 44.4 Å². The van der Waals surface area contributed by atoms with Gasteiger partial charge in [0.2, 0.25) is 5.91 Å². The van der Waals surface area contributed by atoms with Crippen LogP contribution in [0.2, 0.25) is 0 Å². The van der Waals surface area contributed by atoms with Crippen molar-refractivity contribution >= 4 is 18.0 Å². The molecule has 1 saturated heterocycles. The van der Waals surface area contributed by atoms with Crippen LogP contribution in [0.5, 0.6) is 0 Å². The number of carbonyl (C=O) groups is 3. The van der Waals surface area contributed by atoms with E-state index in [4.69, 9.17) is 9.84 Å². The highest BCUT2D eigenvalue weighted by molar-refractivity contribution is 5.85. The average molecular weight is 477 g/mol. The number of benzene rings is 2. The predicted octanol–water partition coefficient (Wildman–Crippen LogP) is 4.41. The van der Waals surface area contributed by atoms with Crippen LogP contribution in [-0.4, -0.2) is 54.2 Å². The number of hydrogen-bond acceptors (Lipinski definition) is 4. The van der Waals surface area contributed by atoms with Crippen molar-refractivity contribution in [1.29, 1.82) is 0 Å². The van der Waals surface area contributed by atoms with E-state index in [9.17, 15) is 14.4 Å². The number of nitrogens with one attached hydrogen (secondary N) is 1. The van der Waals surface area contributed by atoms with Gasteiger partial charge in [0.05, 0.1) is 5.41 Å². The summed E-state index contributed by atoms with van der Waals surface area (Å²) in [7, 11) is 0. The quantitative estimate of drug-likeness (QED) is 0.588. The monoisotopic (exact) mass is 476 g/mol. The van der Waals surface area contributed by atoms with E-state index in [0.29, 0.717) is 19.5 Å². The van der Waals surface area contributed by atoms with Gasteiger partial charge in [0.25, 0.3) is 0 Å². The molecule has 7 heteroatoms. The van der Waals surface area contributed by atoms with Gasteiger partial charge in [0, 0.05) is 32.0 Å². The molecule has 2 aliphatic carbocycles. The van der Waals surface area contributed by atoms with Gasteiger partial charge in [-0.25, -0.2) is 4.79 Å². The minimum Gasteiger partial charge on any atom is -0.481 e. The zero-order valence-electron chi connectivity index (χ0n) is 19.9. The molecule has 1 aliphatic heterocycles. The number of alkyl carbamates (subject to hydrolysis) is 1. The van der Waals surface area contributed by atoms with Crippen molar-refractivity contribution in [3.8, 4) is 11.1 Å². The third kappa shape index (κ3) is 4.64. The molecule has 2 aromatic rings. The summed E-state index contributed by atoms with van der Waals surface area (Å²) < 4.78 is 5.67. The lowest BCUT2D eigenvalue weighted by atomic mass is 9.82. The molecule has 0 radical (unpaired) electrons. The van der Waals surface area contributed by atoms with Gasteiger partial charge in [-0.05, 0) is 47.4 Å². The van der Waals surface area contributed by atoms with E-state index in [0.717, 1.165) is 25.7 Å². The SMILES string of the molecule is O=C(O)CCC1CN(C(=O)C2(CNC(=O)OCC3c4ccccc4-c4ccccc43)CCCC2)C1. The van der Waals surface area contributed by atoms with E-state index in [1.54, 1.807) is 0 Å². The second-order valence-electron chi connectivity index (χ2n) is 10.2. The van der Waals surface area contributed by atoms with Crippen molar-refractivity contribution in [1.82, 2.24) is 10.2 Å². The smallest absolute Gasteiger partial charge is 0.407 e. The van der Waals surface area contributed by atoms with Crippen molar-refractivity contribution < 1.29 is 24.2 Å². The van der Waals surface area contributed by atoms with Crippen LogP contribution in [0.1, 0.15) is 55.6 Å². The van der Waals surface area contributed by atoms with E-state index < -0.39 is 17.5 Å². The number of nitrogens with zero attached hydrogens (tertiary/aromatic N) is 1. The fraction of sp³-hybridized carbons (Fsp3) is 0.464. The zero-order chi connectivity index (χ0) is 24.4. The predicted molar refractivity (Wildman–Crippen MR) is 131 cm³/mol. The molecule has 5 rings (SSSR count). The molecule has 184 valence electrons. The first-order valence-corrected chi connectivity index (χ1v) is 12.6. The fourth-order valence-electron chi connectivity index (χ4n) is 5.99. The summed E-state index contributed by atoms with van der Waals surface area (Å²) in [5.74, 6) is -0.461. The van der Waals surface area contributed by atoms with Crippen molar-refractivity contribution in [2.24, 2.45) is 11.3 Å². The number of carbonyl (C=O) groups excluding carboxylic acids is 2. The lowest BCUT2D eigenvalue weighted by Crippen LogP contribution is -2.57. The molecule has 1 heterocycles. The first kappa shape index (κ1) is 23.4. The molecule has 0 unspecified atom stereocenters. The summed E-state index contributed by atoms with van der Waals surface area (Å²) in [6, 6.07) is 16.4. The Bertz CT molecular complexity index is 1070. The number of fused-ring (bicyclic) bond motifs is 3. The summed E-state index contributed by atoms with van der Waals surface area (Å²) in [4.78, 5) is 38.6. The van der Waals surface area contributed by atoms with Crippen molar-refractivity contribution in [3.05, 3.63) is 59.7 Å². The Labute approximate surface area is 205 Å². The van der Waals surface area contributed by atoms with Gasteiger partial charge < -0.3 is 20.1 Å². The number of carboxylic acid groups (broad SMARTS) is 1. The minimum atomic E-state index is -0.797. The number of rotatable bonds is 8. The van der Waals surface area contributed by atoms with E-state index in [1.807, 2.05) is 29.2 Å². The summed E-state index contributed by atoms with van der Waals surface area (Å²) in [6.07, 6.45) is 3.69. The van der Waals surface area contributed by atoms with Crippen LogP contribution in [0.15, 0.2) is 48.5 Å². The van der Waals surface area contributed by atoms with Crippen LogP contribution in [-0.2, 0) is 14.3 Å². The van der Waals surface area contributed by atoms with Gasteiger partial charge in [0.1, 0.15) is 6.61 Å². The highest BCUT2D eigenvalue weighted by Gasteiger charge is 2.46. The van der Waals surface area contributed by atoms with Crippen molar-refractivity contribution in [2.75, 3.05) is 26.2 Å². The Morgan fingerprint density at radius 3 is 2.17 bits per heavy atom. The number of aliphatic carboxylic acids is 1. The van der Waals surface area contributed by atoms with Gasteiger partial charge >= 0.3 is 12.1 Å². The average Bonchev–Trinajstić information content (AvgIpc) is 3.44. The lowest BCUT2D eigenvalue weighted by molar-refractivity contribution is -0.148. The van der Waals surface area contributed by atoms with E-state index in [2.05, 4.69) is 29.6 Å². The topological polar surface area (TPSA) is 95.9 Å². The summed E-state index contributed by atoms with van der Waals surface area (Å²) in [5.41, 5.74) is 4.12. The summed E-state index contributed by atoms with van der Waals surface area (Å²) in [6.45, 7) is 1.74. The molecule has 0 bridgehead atoms. The largest absolute Gasteiger partial charge is 0.481 e. The normalized spacial score (nSPS) is 18.5. The fourth-order valence-corrected chi connectivity index (χ4v) is 5.99. The zero-order valence-corrected chi connectivity index (χ0v) is 19.9. The van der Waals surface area contributed by atoms with Gasteiger partial charge in [-0.15, -0.1) is 0 Å². The molecule has 2 fully saturated rings. The van der Waals surface area contributed by atoms with Gasteiger partial charge in [0.15, 0.2) is 0 Å². The van der Waals surface area contributed by atoms with Crippen molar-refractivity contribution in [3.63, 3.8) is 0 Å². The molecule has 35 heavy (non-hydrogen) atoms. The summed E-state index contributed by atoms with van der Waals surface area (Å²) in [5, 5.41) is 11.8. The highest BCUT2D eigenvalue weighted by atomic mass is 16.5. The standard InChI is InChI=1S/C28H32N2O5/c31-25(32)12-11-19-15-30(16-19)26(33)28(13-5-6-14-28)18-29-27(34)35-17-24-22-9-3-1-7-20(22)21-8-2-4-10-23(21)24/h1-4,7-10,19,24H,5-6,11-18H2,(H,29,34)(H,31,32). The number of ether oxygens (including phenoxy) is 1. The number of amides is 2. The van der Waals surface area contributed by atoms with E-state index in [1.165, 1.54) is 22.3 Å². The Hall–Kier alpha value is -3.35. The van der Waals surface area contributed by atoms with E-state index >= 15 is 0 Å². The van der Waals surface area contributed by atoms with Crippen LogP contribution in [0.25, 0.3) is 11.1 Å². The Morgan fingerprint density at radius 2 is 1.57 bits per heavy atom. The molecule has 2 N–H and O–H groups in total. The molecule has 2 aromatic carbocycles. The van der Waals surface area contributed by atoms with Crippen LogP contribution >= 0.6 is 0 Å². The Kier molecular flexibility index (Phi) is 6.50. The molecule has 3 aliphatic rings. The maximum atomic E-state index is 13.3. The number of hydrogen-bond donors (Lipinski definition) is 2. The van der Waals surface area contributed by atoms with Crippen LogP contribution in [0.4, 0.5) is 4.79 Å². The molecule has 0 aromatic heterocycles. The molecule has 0 spiro atoms. The Balaban J connectivity index is 1.16. The maximum Gasteiger partial charge on any atom is 0.407 e. The lowest BCUT2D eigenvalue weighted by Gasteiger charge is -2.44. The van der Waals surface area contributed by atoms with Gasteiger partial charge in [-0.3, -0.25) is 9.59 Å². The number of likely N-dealkylation sites (tertiary alicyclic amines) is 1. The second kappa shape index (κ2) is 9.72. The molecular weight excluding hydrogens is 444 g/mol. The minimum absolute atomic E-state index is 0.000883. The third-order valence-electron chi connectivity index (χ3n) is 7.94. The van der Waals surface area contributed by atoms with Crippen LogP contribution < -0.4 is 5.32 Å². The molecule has 2 amide bonds. The van der Waals surface area contributed by atoms with Gasteiger partial charge in [-0.2, -0.15) is 0 Å². The molecule has 0 atom stereocenters. The highest BCUT2D eigenvalue weighted by Crippen LogP contribution is 2.45. The van der Waals surface area contributed by atoms with Gasteiger partial charge in [-0.1, -0.05) is 61.4 Å². The number of carboxylic acids is 1. The van der Waals surface area contributed by atoms with E-state index in [-0.39, 0.29) is 37.3 Å². The maximum absolute atomic E-state index is 13.3. The van der Waals surface area contributed by atoms with Crippen LogP contribution in [0, 0.1) is 11.3 Å². The first-order chi connectivity index (χ1) is 17.0. The first-order valence-electron chi connectivity index (χ1n) is 12.6. The summed E-state index contributed by atoms with van der Waals surface area (Å²) >= 11 is 0. The molecule has 1 saturated carbocycles. The molecule has 7 nitrogen and oxygen atoms in total. The molecular formula is C28H32N2O5. The Morgan fingerprint density at radius 1 is 0.971 bits per heavy atom.